The molecule has 2 aliphatic heterocycles. The maximum atomic E-state index is 12.1. The lowest BCUT2D eigenvalue weighted by Crippen LogP contribution is -2.50. The number of Topliss-reactive ketones (excluding diaryl/α,β-unsaturated/α-hetero) is 1. The molecule has 2 fully saturated rings. The molecule has 2 atom stereocenters. The molecule has 2 bridgehead atoms. The van der Waals surface area contributed by atoms with Gasteiger partial charge in [0.1, 0.15) is 5.78 Å². The summed E-state index contributed by atoms with van der Waals surface area (Å²) in [6.45, 7) is 2.19. The summed E-state index contributed by atoms with van der Waals surface area (Å²) in [5.74, 6) is 0.931. The standard InChI is InChI=1S/C14H25NO/c1-2-3-4-8-14(16)11-9-12-6-5-7-13(10-11)15-12/h11-13,15H,2-10H2,1H3. The van der Waals surface area contributed by atoms with E-state index in [9.17, 15) is 4.79 Å². The van der Waals surface area contributed by atoms with Gasteiger partial charge in [-0.25, -0.2) is 0 Å². The Hall–Kier alpha value is -0.370. The minimum absolute atomic E-state index is 0.383. The quantitative estimate of drug-likeness (QED) is 0.726. The highest BCUT2D eigenvalue weighted by Gasteiger charge is 2.33. The Morgan fingerprint density at radius 3 is 2.50 bits per heavy atom. The number of ketones is 1. The summed E-state index contributed by atoms with van der Waals surface area (Å²) in [5, 5.41) is 3.65. The van der Waals surface area contributed by atoms with Gasteiger partial charge in [-0.2, -0.15) is 0 Å². The number of piperidine rings is 2. The summed E-state index contributed by atoms with van der Waals surface area (Å²) in [7, 11) is 0. The van der Waals surface area contributed by atoms with E-state index in [-0.39, 0.29) is 0 Å². The van der Waals surface area contributed by atoms with Gasteiger partial charge in [-0.1, -0.05) is 26.2 Å². The third kappa shape index (κ3) is 3.07. The Morgan fingerprint density at radius 1 is 1.19 bits per heavy atom. The van der Waals surface area contributed by atoms with Crippen molar-refractivity contribution in [1.29, 1.82) is 0 Å². The van der Waals surface area contributed by atoms with Gasteiger partial charge in [-0.15, -0.1) is 0 Å². The number of rotatable bonds is 5. The van der Waals surface area contributed by atoms with Crippen LogP contribution >= 0.6 is 0 Å². The smallest absolute Gasteiger partial charge is 0.136 e. The molecule has 0 aromatic heterocycles. The van der Waals surface area contributed by atoms with E-state index in [1.54, 1.807) is 0 Å². The first-order valence-electron chi connectivity index (χ1n) is 7.08. The van der Waals surface area contributed by atoms with Crippen LogP contribution in [0.15, 0.2) is 0 Å². The van der Waals surface area contributed by atoms with Crippen LogP contribution in [0.1, 0.15) is 64.7 Å². The number of hydrogen-bond acceptors (Lipinski definition) is 2. The van der Waals surface area contributed by atoms with Gasteiger partial charge in [-0.05, 0) is 32.1 Å². The van der Waals surface area contributed by atoms with E-state index in [0.29, 0.717) is 23.8 Å². The largest absolute Gasteiger partial charge is 0.311 e. The lowest BCUT2D eigenvalue weighted by Gasteiger charge is -2.39. The SMILES string of the molecule is CCCCCC(=O)C1CC2CCCC(C1)N2. The predicted molar refractivity (Wildman–Crippen MR) is 66.4 cm³/mol. The second-order valence-electron chi connectivity index (χ2n) is 5.58. The molecule has 0 spiro atoms. The highest BCUT2D eigenvalue weighted by Crippen LogP contribution is 2.31. The minimum Gasteiger partial charge on any atom is -0.311 e. The van der Waals surface area contributed by atoms with Crippen molar-refractivity contribution in [1.82, 2.24) is 5.32 Å². The van der Waals surface area contributed by atoms with Crippen LogP contribution in [0.4, 0.5) is 0 Å². The van der Waals surface area contributed by atoms with Gasteiger partial charge >= 0.3 is 0 Å². The topological polar surface area (TPSA) is 29.1 Å². The van der Waals surface area contributed by atoms with Crippen molar-refractivity contribution in [3.8, 4) is 0 Å². The first-order valence-corrected chi connectivity index (χ1v) is 7.08. The van der Waals surface area contributed by atoms with Crippen molar-refractivity contribution in [2.24, 2.45) is 5.92 Å². The monoisotopic (exact) mass is 223 g/mol. The maximum Gasteiger partial charge on any atom is 0.136 e. The molecule has 2 saturated heterocycles. The second kappa shape index (κ2) is 5.81. The van der Waals surface area contributed by atoms with Crippen LogP contribution in [0, 0.1) is 5.92 Å². The molecule has 0 amide bonds. The average Bonchev–Trinajstić information content (AvgIpc) is 2.28. The summed E-state index contributed by atoms with van der Waals surface area (Å²) in [5.41, 5.74) is 0. The van der Waals surface area contributed by atoms with Gasteiger partial charge in [0.2, 0.25) is 0 Å². The Labute approximate surface area is 99.2 Å². The van der Waals surface area contributed by atoms with Crippen molar-refractivity contribution in [3.05, 3.63) is 0 Å². The molecule has 2 heterocycles. The Balaban J connectivity index is 1.78. The van der Waals surface area contributed by atoms with E-state index in [1.165, 1.54) is 32.1 Å². The van der Waals surface area contributed by atoms with Crippen molar-refractivity contribution in [2.45, 2.75) is 76.8 Å². The van der Waals surface area contributed by atoms with E-state index in [2.05, 4.69) is 12.2 Å². The number of carbonyl (C=O) groups is 1. The fraction of sp³-hybridized carbons (Fsp3) is 0.929. The van der Waals surface area contributed by atoms with Crippen LogP contribution in [0.5, 0.6) is 0 Å². The fourth-order valence-electron chi connectivity index (χ4n) is 3.28. The third-order valence-electron chi connectivity index (χ3n) is 4.20. The lowest BCUT2D eigenvalue weighted by atomic mass is 9.77. The molecule has 16 heavy (non-hydrogen) atoms. The zero-order chi connectivity index (χ0) is 11.4. The summed E-state index contributed by atoms with van der Waals surface area (Å²) in [4.78, 5) is 12.1. The maximum absolute atomic E-state index is 12.1. The van der Waals surface area contributed by atoms with Crippen LogP contribution in [0.2, 0.25) is 0 Å². The summed E-state index contributed by atoms with van der Waals surface area (Å²) in [6.07, 6.45) is 10.5. The molecule has 92 valence electrons. The van der Waals surface area contributed by atoms with Gasteiger partial charge < -0.3 is 5.32 Å². The van der Waals surface area contributed by atoms with Gasteiger partial charge in [0, 0.05) is 24.4 Å². The molecular weight excluding hydrogens is 198 g/mol. The number of carbonyl (C=O) groups excluding carboxylic acids is 1. The van der Waals surface area contributed by atoms with Gasteiger partial charge in [-0.3, -0.25) is 4.79 Å². The third-order valence-corrected chi connectivity index (χ3v) is 4.20. The molecule has 0 aromatic rings. The van der Waals surface area contributed by atoms with Gasteiger partial charge in [0.25, 0.3) is 0 Å². The van der Waals surface area contributed by atoms with Crippen LogP contribution in [-0.4, -0.2) is 17.9 Å². The molecule has 2 unspecified atom stereocenters. The number of unbranched alkanes of at least 4 members (excludes halogenated alkanes) is 2. The Morgan fingerprint density at radius 2 is 1.88 bits per heavy atom. The fourth-order valence-corrected chi connectivity index (χ4v) is 3.28. The number of fused-ring (bicyclic) bond motifs is 2. The van der Waals surface area contributed by atoms with Crippen molar-refractivity contribution < 1.29 is 4.79 Å². The molecule has 0 aromatic carbocycles. The molecule has 0 saturated carbocycles. The number of nitrogens with one attached hydrogen (secondary N) is 1. The molecule has 1 N–H and O–H groups in total. The summed E-state index contributed by atoms with van der Waals surface area (Å²) >= 11 is 0. The molecule has 2 rings (SSSR count). The zero-order valence-electron chi connectivity index (χ0n) is 10.5. The molecule has 2 nitrogen and oxygen atoms in total. The van der Waals surface area contributed by atoms with E-state index in [4.69, 9.17) is 0 Å². The molecular formula is C14H25NO. The summed E-state index contributed by atoms with van der Waals surface area (Å²) in [6, 6.07) is 1.29. The Bertz CT molecular complexity index is 227. The van der Waals surface area contributed by atoms with Crippen LogP contribution in [0.25, 0.3) is 0 Å². The highest BCUT2D eigenvalue weighted by atomic mass is 16.1. The first kappa shape index (κ1) is 12.1. The minimum atomic E-state index is 0.383. The van der Waals surface area contributed by atoms with Crippen LogP contribution in [0.3, 0.4) is 0 Å². The molecule has 2 aliphatic rings. The van der Waals surface area contributed by atoms with Crippen LogP contribution in [-0.2, 0) is 4.79 Å². The van der Waals surface area contributed by atoms with E-state index >= 15 is 0 Å². The van der Waals surface area contributed by atoms with Gasteiger partial charge in [0.05, 0.1) is 0 Å². The normalized spacial score (nSPS) is 33.7. The van der Waals surface area contributed by atoms with Gasteiger partial charge in [0.15, 0.2) is 0 Å². The molecule has 0 radical (unpaired) electrons. The molecule has 0 aliphatic carbocycles. The lowest BCUT2D eigenvalue weighted by molar-refractivity contribution is -0.124. The second-order valence-corrected chi connectivity index (χ2v) is 5.58. The zero-order valence-corrected chi connectivity index (χ0v) is 10.5. The van der Waals surface area contributed by atoms with E-state index in [0.717, 1.165) is 25.7 Å². The number of hydrogen-bond donors (Lipinski definition) is 1. The van der Waals surface area contributed by atoms with Crippen LogP contribution < -0.4 is 5.32 Å². The predicted octanol–water partition coefficient (Wildman–Crippen LogP) is 3.06. The van der Waals surface area contributed by atoms with Crippen molar-refractivity contribution in [2.75, 3.05) is 0 Å². The van der Waals surface area contributed by atoms with E-state index < -0.39 is 0 Å². The molecule has 2 heteroatoms. The van der Waals surface area contributed by atoms with Crippen molar-refractivity contribution >= 4 is 5.78 Å². The average molecular weight is 223 g/mol. The Kier molecular flexibility index (Phi) is 4.39. The summed E-state index contributed by atoms with van der Waals surface area (Å²) < 4.78 is 0. The van der Waals surface area contributed by atoms with E-state index in [1.807, 2.05) is 0 Å². The highest BCUT2D eigenvalue weighted by molar-refractivity contribution is 5.81. The van der Waals surface area contributed by atoms with Crippen molar-refractivity contribution in [3.63, 3.8) is 0 Å². The first-order chi connectivity index (χ1) is 7.79.